The molecule has 55 valence electrons. The molecular weight excluding hydrogens is 279 g/mol. The summed E-state index contributed by atoms with van der Waals surface area (Å²) in [6, 6.07) is 0.579. The van der Waals surface area contributed by atoms with Crippen LogP contribution >= 0.6 is 0 Å². The summed E-state index contributed by atoms with van der Waals surface area (Å²) in [7, 11) is 1.89. The third-order valence-electron chi connectivity index (χ3n) is 1.42. The molecule has 0 rings (SSSR count). The zero-order valence-electron chi connectivity index (χ0n) is 6.59. The van der Waals surface area contributed by atoms with Gasteiger partial charge in [0.15, 0.2) is 0 Å². The first kappa shape index (κ1) is 12.4. The molecule has 0 bridgehead atoms. The molecule has 0 aromatic rings. The van der Waals surface area contributed by atoms with Gasteiger partial charge in [0.2, 0.25) is 0 Å². The van der Waals surface area contributed by atoms with E-state index in [0.29, 0.717) is 6.04 Å². The number of nitrogens with zero attached hydrogens (tertiary/aromatic N) is 1. The van der Waals surface area contributed by atoms with Crippen LogP contribution in [-0.4, -0.2) is 13.1 Å². The first-order valence-corrected chi connectivity index (χ1v) is 3.40. The minimum absolute atomic E-state index is 0. The van der Waals surface area contributed by atoms with Crippen molar-refractivity contribution in [2.75, 3.05) is 7.05 Å². The van der Waals surface area contributed by atoms with Gasteiger partial charge >= 0.3 is 0 Å². The smallest absolute Gasteiger partial charge is 0 e. The van der Waals surface area contributed by atoms with Gasteiger partial charge in [0.05, 0.1) is 0 Å². The largest absolute Gasteiger partial charge is 0.662 e. The average molecular weight is 295 g/mol. The molecule has 1 atom stereocenters. The Kier molecular flexibility index (Phi) is 12.0. The van der Waals surface area contributed by atoms with Crippen molar-refractivity contribution in [3.8, 4) is 0 Å². The zero-order valence-corrected chi connectivity index (χ0v) is 9.81. The van der Waals surface area contributed by atoms with Gasteiger partial charge in [-0.05, 0) is 0 Å². The molecule has 0 saturated carbocycles. The van der Waals surface area contributed by atoms with Crippen molar-refractivity contribution in [3.05, 3.63) is 5.32 Å². The molecule has 1 radical (unpaired) electrons. The van der Waals surface area contributed by atoms with E-state index in [4.69, 9.17) is 0 Å². The molecule has 0 amide bonds. The summed E-state index contributed by atoms with van der Waals surface area (Å²) in [6.45, 7) is 4.37. The summed E-state index contributed by atoms with van der Waals surface area (Å²) in [5.74, 6) is 0. The standard InChI is InChI=1S/C7H16N.Ta/c1-4-5-6-7(2)8-3;/h7H,4-6H2,1-3H3;/q-1;. The van der Waals surface area contributed by atoms with E-state index < -0.39 is 0 Å². The Labute approximate surface area is 74.1 Å². The Morgan fingerprint density at radius 3 is 2.33 bits per heavy atom. The molecule has 0 heterocycles. The molecule has 0 N–H and O–H groups in total. The Balaban J connectivity index is 0. The van der Waals surface area contributed by atoms with Crippen molar-refractivity contribution in [2.45, 2.75) is 39.2 Å². The molecule has 2 heteroatoms. The van der Waals surface area contributed by atoms with Gasteiger partial charge < -0.3 is 5.32 Å². The van der Waals surface area contributed by atoms with Gasteiger partial charge in [0, 0.05) is 22.4 Å². The van der Waals surface area contributed by atoms with Crippen molar-refractivity contribution in [1.29, 1.82) is 0 Å². The molecule has 9 heavy (non-hydrogen) atoms. The van der Waals surface area contributed by atoms with E-state index in [9.17, 15) is 0 Å². The van der Waals surface area contributed by atoms with Crippen LogP contribution in [0.15, 0.2) is 0 Å². The van der Waals surface area contributed by atoms with E-state index in [1.54, 1.807) is 0 Å². The molecule has 1 unspecified atom stereocenters. The molecule has 0 aromatic carbocycles. The van der Waals surface area contributed by atoms with Crippen molar-refractivity contribution < 1.29 is 22.4 Å². The maximum atomic E-state index is 4.13. The quantitative estimate of drug-likeness (QED) is 0.757. The number of unbranched alkanes of at least 4 members (excludes halogenated alkanes) is 1. The van der Waals surface area contributed by atoms with Crippen LogP contribution in [0.4, 0.5) is 0 Å². The van der Waals surface area contributed by atoms with Gasteiger partial charge in [-0.2, -0.15) is 7.05 Å². The SMILES string of the molecule is CCCCC(C)[N-]C.[Ta]. The Hall–Kier alpha value is 0.700. The Morgan fingerprint density at radius 1 is 1.44 bits per heavy atom. The second-order valence-corrected chi connectivity index (χ2v) is 2.25. The second-order valence-electron chi connectivity index (χ2n) is 2.25. The predicted molar refractivity (Wildman–Crippen MR) is 38.3 cm³/mol. The summed E-state index contributed by atoms with van der Waals surface area (Å²) in [5.41, 5.74) is 0. The number of hydrogen-bond donors (Lipinski definition) is 0. The van der Waals surface area contributed by atoms with Gasteiger partial charge in [-0.25, -0.2) is 0 Å². The minimum Gasteiger partial charge on any atom is -0.662 e. The van der Waals surface area contributed by atoms with Crippen LogP contribution in [0, 0.1) is 0 Å². The fourth-order valence-corrected chi connectivity index (χ4v) is 0.629. The van der Waals surface area contributed by atoms with Crippen LogP contribution in [0.5, 0.6) is 0 Å². The third-order valence-corrected chi connectivity index (χ3v) is 1.42. The van der Waals surface area contributed by atoms with Crippen LogP contribution in [0.2, 0.25) is 0 Å². The molecule has 0 spiro atoms. The van der Waals surface area contributed by atoms with E-state index >= 15 is 0 Å². The van der Waals surface area contributed by atoms with Crippen molar-refractivity contribution >= 4 is 0 Å². The number of rotatable bonds is 4. The van der Waals surface area contributed by atoms with Gasteiger partial charge in [0.1, 0.15) is 0 Å². The molecule has 0 fully saturated rings. The summed E-state index contributed by atoms with van der Waals surface area (Å²) in [6.07, 6.45) is 3.87. The minimum atomic E-state index is 0. The molecule has 0 saturated heterocycles. The Morgan fingerprint density at radius 2 is 2.00 bits per heavy atom. The summed E-state index contributed by atoms with van der Waals surface area (Å²) < 4.78 is 0. The van der Waals surface area contributed by atoms with Crippen LogP contribution in [0.25, 0.3) is 5.32 Å². The maximum Gasteiger partial charge on any atom is 0 e. The first-order valence-electron chi connectivity index (χ1n) is 3.40. The first-order chi connectivity index (χ1) is 3.81. The normalized spacial score (nSPS) is 12.3. The average Bonchev–Trinajstić information content (AvgIpc) is 1.83. The van der Waals surface area contributed by atoms with Crippen LogP contribution < -0.4 is 0 Å². The summed E-state index contributed by atoms with van der Waals surface area (Å²) >= 11 is 0. The molecule has 0 aromatic heterocycles. The molecule has 0 aliphatic carbocycles. The van der Waals surface area contributed by atoms with E-state index in [1.807, 2.05) is 7.05 Å². The summed E-state index contributed by atoms with van der Waals surface area (Å²) in [4.78, 5) is 0. The maximum absolute atomic E-state index is 4.13. The van der Waals surface area contributed by atoms with Crippen molar-refractivity contribution in [1.82, 2.24) is 0 Å². The molecule has 1 nitrogen and oxygen atoms in total. The summed E-state index contributed by atoms with van der Waals surface area (Å²) in [5, 5.41) is 4.13. The van der Waals surface area contributed by atoms with Gasteiger partial charge in [-0.3, -0.25) is 0 Å². The second kappa shape index (κ2) is 8.70. The van der Waals surface area contributed by atoms with E-state index in [0.717, 1.165) is 0 Å². The molecule has 0 aliphatic rings. The van der Waals surface area contributed by atoms with Crippen LogP contribution in [-0.2, 0) is 22.4 Å². The zero-order chi connectivity index (χ0) is 6.41. The monoisotopic (exact) mass is 295 g/mol. The van der Waals surface area contributed by atoms with Gasteiger partial charge in [-0.15, -0.1) is 6.04 Å². The molecule has 0 aliphatic heterocycles. The van der Waals surface area contributed by atoms with E-state index in [2.05, 4.69) is 19.2 Å². The third kappa shape index (κ3) is 8.70. The van der Waals surface area contributed by atoms with Crippen molar-refractivity contribution in [2.24, 2.45) is 0 Å². The number of hydrogen-bond acceptors (Lipinski definition) is 0. The van der Waals surface area contributed by atoms with E-state index in [1.165, 1.54) is 19.3 Å². The topological polar surface area (TPSA) is 14.1 Å². The molecular formula is C7H16NTa-. The van der Waals surface area contributed by atoms with E-state index in [-0.39, 0.29) is 22.4 Å². The van der Waals surface area contributed by atoms with Crippen LogP contribution in [0.3, 0.4) is 0 Å². The fraction of sp³-hybridized carbons (Fsp3) is 1.00. The van der Waals surface area contributed by atoms with Gasteiger partial charge in [0.25, 0.3) is 0 Å². The Bertz CT molecular complexity index is 48.2. The fourth-order valence-electron chi connectivity index (χ4n) is 0.629. The van der Waals surface area contributed by atoms with Gasteiger partial charge in [-0.1, -0.05) is 33.1 Å². The van der Waals surface area contributed by atoms with Crippen molar-refractivity contribution in [3.63, 3.8) is 0 Å². The predicted octanol–water partition coefficient (Wildman–Crippen LogP) is 2.57. The van der Waals surface area contributed by atoms with Crippen LogP contribution in [0.1, 0.15) is 33.1 Å².